The van der Waals surface area contributed by atoms with Crippen LogP contribution < -0.4 is 10.6 Å². The quantitative estimate of drug-likeness (QED) is 0.367. The molecule has 2 N–H and O–H groups in total. The Hall–Kier alpha value is -3.33. The van der Waals surface area contributed by atoms with Gasteiger partial charge in [-0.1, -0.05) is 12.1 Å². The molecule has 8 nitrogen and oxygen atoms in total. The van der Waals surface area contributed by atoms with Gasteiger partial charge in [-0.2, -0.15) is 0 Å². The van der Waals surface area contributed by atoms with E-state index in [4.69, 9.17) is 12.2 Å². The van der Waals surface area contributed by atoms with Crippen LogP contribution in [0.25, 0.3) is 0 Å². The average Bonchev–Trinajstić information content (AvgIpc) is 2.62. The van der Waals surface area contributed by atoms with Crippen molar-refractivity contribution >= 4 is 40.6 Å². The third-order valence-electron chi connectivity index (χ3n) is 3.37. The molecule has 0 atom stereocenters. The fraction of sp³-hybridized carbons (Fsp3) is 0.118. The van der Waals surface area contributed by atoms with Gasteiger partial charge in [-0.15, -0.1) is 0 Å². The molecule has 26 heavy (non-hydrogen) atoms. The van der Waals surface area contributed by atoms with Crippen molar-refractivity contribution in [1.82, 2.24) is 5.32 Å². The second kappa shape index (κ2) is 8.17. The second-order valence-electron chi connectivity index (χ2n) is 5.26. The van der Waals surface area contributed by atoms with E-state index in [1.54, 1.807) is 13.0 Å². The molecule has 0 aliphatic rings. The lowest BCUT2D eigenvalue weighted by molar-refractivity contribution is -0.383. The maximum atomic E-state index is 12.3. The average molecular weight is 373 g/mol. The Morgan fingerprint density at radius 2 is 1.85 bits per heavy atom. The maximum Gasteiger partial charge on any atom is 0.337 e. The van der Waals surface area contributed by atoms with Crippen molar-refractivity contribution in [2.45, 2.75) is 6.92 Å². The highest BCUT2D eigenvalue weighted by molar-refractivity contribution is 7.80. The monoisotopic (exact) mass is 373 g/mol. The molecule has 0 unspecified atom stereocenters. The van der Waals surface area contributed by atoms with Gasteiger partial charge in [0.05, 0.1) is 17.6 Å². The van der Waals surface area contributed by atoms with Crippen LogP contribution in [0.15, 0.2) is 42.5 Å². The SMILES string of the molecule is COC(=O)c1cccc(C(=O)NC(=S)Nc2ccc(C)cc2[N+](=O)[O-])c1. The summed E-state index contributed by atoms with van der Waals surface area (Å²) < 4.78 is 4.60. The number of ether oxygens (including phenoxy) is 1. The lowest BCUT2D eigenvalue weighted by atomic mass is 10.1. The molecule has 2 aromatic rings. The Morgan fingerprint density at radius 1 is 1.15 bits per heavy atom. The summed E-state index contributed by atoms with van der Waals surface area (Å²) in [5.41, 5.74) is 1.13. The number of hydrogen-bond acceptors (Lipinski definition) is 6. The van der Waals surface area contributed by atoms with Gasteiger partial charge >= 0.3 is 5.97 Å². The van der Waals surface area contributed by atoms with Gasteiger partial charge in [-0.3, -0.25) is 20.2 Å². The molecule has 0 aliphatic heterocycles. The Bertz CT molecular complexity index is 898. The molecular formula is C17H15N3O5S. The largest absolute Gasteiger partial charge is 0.465 e. The second-order valence-corrected chi connectivity index (χ2v) is 5.67. The summed E-state index contributed by atoms with van der Waals surface area (Å²) in [5.74, 6) is -1.14. The molecule has 2 rings (SSSR count). The first-order valence-corrected chi connectivity index (χ1v) is 7.78. The summed E-state index contributed by atoms with van der Waals surface area (Å²) in [6.45, 7) is 1.73. The minimum absolute atomic E-state index is 0.106. The minimum atomic E-state index is -0.573. The van der Waals surface area contributed by atoms with E-state index in [1.165, 1.54) is 43.5 Å². The molecular weight excluding hydrogens is 358 g/mol. The van der Waals surface area contributed by atoms with E-state index >= 15 is 0 Å². The summed E-state index contributed by atoms with van der Waals surface area (Å²) >= 11 is 5.04. The molecule has 0 aliphatic carbocycles. The molecule has 0 bridgehead atoms. The Kier molecular flexibility index (Phi) is 5.97. The number of nitrogens with one attached hydrogen (secondary N) is 2. The van der Waals surface area contributed by atoms with Crippen LogP contribution in [0.4, 0.5) is 11.4 Å². The zero-order valence-electron chi connectivity index (χ0n) is 13.9. The standard InChI is InChI=1S/C17H15N3O5S/c1-10-6-7-13(14(8-10)20(23)24)18-17(26)19-15(21)11-4-3-5-12(9-11)16(22)25-2/h3-9H,1-2H3,(H2,18,19,21,26). The molecule has 2 aromatic carbocycles. The van der Waals surface area contributed by atoms with Gasteiger partial charge in [0.1, 0.15) is 5.69 Å². The van der Waals surface area contributed by atoms with Crippen molar-refractivity contribution in [2.75, 3.05) is 12.4 Å². The van der Waals surface area contributed by atoms with Gasteiger partial charge in [0.25, 0.3) is 11.6 Å². The van der Waals surface area contributed by atoms with Crippen molar-refractivity contribution in [3.8, 4) is 0 Å². The van der Waals surface area contributed by atoms with E-state index in [1.807, 2.05) is 0 Å². The first-order valence-electron chi connectivity index (χ1n) is 7.37. The van der Waals surface area contributed by atoms with Crippen LogP contribution in [0, 0.1) is 17.0 Å². The summed E-state index contributed by atoms with van der Waals surface area (Å²) in [6, 6.07) is 10.5. The lowest BCUT2D eigenvalue weighted by Gasteiger charge is -2.10. The molecule has 9 heteroatoms. The first-order chi connectivity index (χ1) is 12.3. The topological polar surface area (TPSA) is 111 Å². The van der Waals surface area contributed by atoms with Gasteiger partial charge < -0.3 is 10.1 Å². The lowest BCUT2D eigenvalue weighted by Crippen LogP contribution is -2.34. The molecule has 0 saturated carbocycles. The number of thiocarbonyl (C=S) groups is 1. The third kappa shape index (κ3) is 4.61. The van der Waals surface area contributed by atoms with Crippen molar-refractivity contribution in [2.24, 2.45) is 0 Å². The number of methoxy groups -OCH3 is 1. The normalized spacial score (nSPS) is 9.92. The Balaban J connectivity index is 2.12. The van der Waals surface area contributed by atoms with E-state index in [2.05, 4.69) is 15.4 Å². The van der Waals surface area contributed by atoms with Crippen LogP contribution >= 0.6 is 12.2 Å². The number of nitro benzene ring substituents is 1. The number of esters is 1. The predicted molar refractivity (Wildman–Crippen MR) is 99.3 cm³/mol. The zero-order chi connectivity index (χ0) is 19.3. The highest BCUT2D eigenvalue weighted by Crippen LogP contribution is 2.25. The molecule has 1 amide bonds. The van der Waals surface area contributed by atoms with Crippen LogP contribution in [0.3, 0.4) is 0 Å². The molecule has 0 fully saturated rings. The molecule has 0 saturated heterocycles. The van der Waals surface area contributed by atoms with Crippen molar-refractivity contribution in [3.63, 3.8) is 0 Å². The van der Waals surface area contributed by atoms with Crippen molar-refractivity contribution < 1.29 is 19.2 Å². The highest BCUT2D eigenvalue weighted by Gasteiger charge is 2.16. The van der Waals surface area contributed by atoms with Gasteiger partial charge in [-0.05, 0) is 49.0 Å². The third-order valence-corrected chi connectivity index (χ3v) is 3.58. The predicted octanol–water partition coefficient (Wildman–Crippen LogP) is 2.82. The number of aryl methyl sites for hydroxylation is 1. The molecule has 134 valence electrons. The van der Waals surface area contributed by atoms with Crippen LogP contribution in [0.1, 0.15) is 26.3 Å². The molecule has 0 heterocycles. The number of nitro groups is 1. The van der Waals surface area contributed by atoms with E-state index < -0.39 is 16.8 Å². The number of carbonyl (C=O) groups excluding carboxylic acids is 2. The van der Waals surface area contributed by atoms with Crippen molar-refractivity contribution in [1.29, 1.82) is 0 Å². The van der Waals surface area contributed by atoms with Crippen LogP contribution in [0.5, 0.6) is 0 Å². The maximum absolute atomic E-state index is 12.3. The zero-order valence-corrected chi connectivity index (χ0v) is 14.8. The number of amides is 1. The highest BCUT2D eigenvalue weighted by atomic mass is 32.1. The fourth-order valence-corrected chi connectivity index (χ4v) is 2.34. The van der Waals surface area contributed by atoms with Crippen LogP contribution in [-0.2, 0) is 4.74 Å². The first kappa shape index (κ1) is 19.0. The number of nitrogens with zero attached hydrogens (tertiary/aromatic N) is 1. The molecule has 0 radical (unpaired) electrons. The van der Waals surface area contributed by atoms with Crippen LogP contribution in [-0.4, -0.2) is 29.0 Å². The summed E-state index contributed by atoms with van der Waals surface area (Å²) in [7, 11) is 1.24. The minimum Gasteiger partial charge on any atom is -0.465 e. The number of carbonyl (C=O) groups is 2. The van der Waals surface area contributed by atoms with E-state index in [9.17, 15) is 19.7 Å². The van der Waals surface area contributed by atoms with Crippen LogP contribution in [0.2, 0.25) is 0 Å². The van der Waals surface area contributed by atoms with Gasteiger partial charge in [-0.25, -0.2) is 4.79 Å². The van der Waals surface area contributed by atoms with Gasteiger partial charge in [0.2, 0.25) is 0 Å². The number of hydrogen-bond donors (Lipinski definition) is 2. The number of benzene rings is 2. The number of anilines is 1. The number of rotatable bonds is 4. The van der Waals surface area contributed by atoms with E-state index in [-0.39, 0.29) is 27.6 Å². The van der Waals surface area contributed by atoms with Crippen molar-refractivity contribution in [3.05, 3.63) is 69.3 Å². The summed E-state index contributed by atoms with van der Waals surface area (Å²) in [4.78, 5) is 34.4. The summed E-state index contributed by atoms with van der Waals surface area (Å²) in [6.07, 6.45) is 0. The Labute approximate surface area is 154 Å². The smallest absolute Gasteiger partial charge is 0.337 e. The van der Waals surface area contributed by atoms with E-state index in [0.717, 1.165) is 5.56 Å². The van der Waals surface area contributed by atoms with Gasteiger partial charge in [0.15, 0.2) is 5.11 Å². The van der Waals surface area contributed by atoms with E-state index in [0.29, 0.717) is 0 Å². The summed E-state index contributed by atoms with van der Waals surface area (Å²) in [5, 5.41) is 16.1. The Morgan fingerprint density at radius 3 is 2.50 bits per heavy atom. The molecule has 0 aromatic heterocycles. The fourth-order valence-electron chi connectivity index (χ4n) is 2.13. The molecule has 0 spiro atoms. The van der Waals surface area contributed by atoms with Gasteiger partial charge in [0, 0.05) is 11.6 Å².